The number of carbonyl (C=O) groups is 1. The molecule has 0 unspecified atom stereocenters. The molecule has 0 spiro atoms. The first-order chi connectivity index (χ1) is 14.2. The highest BCUT2D eigenvalue weighted by Crippen LogP contribution is 2.21. The van der Waals surface area contributed by atoms with Gasteiger partial charge in [-0.2, -0.15) is 5.10 Å². The van der Waals surface area contributed by atoms with E-state index in [4.69, 9.17) is 4.74 Å². The molecule has 3 heterocycles. The smallest absolute Gasteiger partial charge is 0.246 e. The van der Waals surface area contributed by atoms with Gasteiger partial charge in [0.25, 0.3) is 0 Å². The predicted octanol–water partition coefficient (Wildman–Crippen LogP) is 1.81. The lowest BCUT2D eigenvalue weighted by Gasteiger charge is -2.36. The molecule has 152 valence electrons. The van der Waals surface area contributed by atoms with E-state index in [1.54, 1.807) is 29.3 Å². The van der Waals surface area contributed by atoms with Gasteiger partial charge < -0.3 is 19.4 Å². The molecule has 29 heavy (non-hydrogen) atoms. The topological polar surface area (TPSA) is 61.8 Å². The minimum Gasteiger partial charge on any atom is -0.378 e. The standard InChI is InChI=1S/C21H24FN5O2/c22-19-4-2-1-3-17(19)5-6-21(28)27-9-7-25(8-10-27)18-15-20(24-23-16-18)26-11-13-29-14-12-26/h1-6,15-16H,7-14H2/b6-5+. The number of halogens is 1. The zero-order chi connectivity index (χ0) is 20.1. The zero-order valence-electron chi connectivity index (χ0n) is 16.2. The molecule has 2 saturated heterocycles. The Morgan fingerprint density at radius 3 is 2.55 bits per heavy atom. The van der Waals surface area contributed by atoms with Crippen LogP contribution < -0.4 is 9.80 Å². The van der Waals surface area contributed by atoms with Crippen LogP contribution in [0.5, 0.6) is 0 Å². The molecule has 1 aromatic carbocycles. The fraction of sp³-hybridized carbons (Fsp3) is 0.381. The van der Waals surface area contributed by atoms with Gasteiger partial charge in [0.2, 0.25) is 5.91 Å². The molecule has 7 nitrogen and oxygen atoms in total. The molecule has 0 saturated carbocycles. The van der Waals surface area contributed by atoms with E-state index >= 15 is 0 Å². The third-order valence-electron chi connectivity index (χ3n) is 5.23. The number of morpholine rings is 1. The van der Waals surface area contributed by atoms with Gasteiger partial charge in [0.05, 0.1) is 25.1 Å². The number of amides is 1. The first kappa shape index (κ1) is 19.3. The Morgan fingerprint density at radius 2 is 1.79 bits per heavy atom. The van der Waals surface area contributed by atoms with E-state index in [9.17, 15) is 9.18 Å². The highest BCUT2D eigenvalue weighted by molar-refractivity contribution is 5.92. The van der Waals surface area contributed by atoms with Gasteiger partial charge in [0, 0.05) is 57.0 Å². The van der Waals surface area contributed by atoms with Crippen LogP contribution in [-0.2, 0) is 9.53 Å². The maximum Gasteiger partial charge on any atom is 0.246 e. The number of hydrogen-bond acceptors (Lipinski definition) is 6. The van der Waals surface area contributed by atoms with Crippen LogP contribution >= 0.6 is 0 Å². The molecule has 0 atom stereocenters. The molecular weight excluding hydrogens is 373 g/mol. The Balaban J connectivity index is 1.34. The van der Waals surface area contributed by atoms with Crippen LogP contribution in [0.25, 0.3) is 6.08 Å². The van der Waals surface area contributed by atoms with Crippen molar-refractivity contribution < 1.29 is 13.9 Å². The van der Waals surface area contributed by atoms with E-state index in [2.05, 4.69) is 20.0 Å². The lowest BCUT2D eigenvalue weighted by atomic mass is 10.2. The van der Waals surface area contributed by atoms with Crippen LogP contribution in [-0.4, -0.2) is 73.5 Å². The largest absolute Gasteiger partial charge is 0.378 e. The van der Waals surface area contributed by atoms with E-state index in [0.717, 1.165) is 24.6 Å². The lowest BCUT2D eigenvalue weighted by Crippen LogP contribution is -2.48. The molecule has 1 aromatic heterocycles. The van der Waals surface area contributed by atoms with E-state index in [-0.39, 0.29) is 11.7 Å². The zero-order valence-corrected chi connectivity index (χ0v) is 16.2. The number of aromatic nitrogens is 2. The van der Waals surface area contributed by atoms with Crippen molar-refractivity contribution >= 4 is 23.5 Å². The second-order valence-electron chi connectivity index (χ2n) is 7.04. The Hall–Kier alpha value is -3.00. The van der Waals surface area contributed by atoms with Crippen molar-refractivity contribution in [2.45, 2.75) is 0 Å². The molecule has 0 aliphatic carbocycles. The van der Waals surface area contributed by atoms with Crippen molar-refractivity contribution in [3.8, 4) is 0 Å². The lowest BCUT2D eigenvalue weighted by molar-refractivity contribution is -0.126. The Labute approximate surface area is 169 Å². The van der Waals surface area contributed by atoms with Crippen molar-refractivity contribution in [1.29, 1.82) is 0 Å². The van der Waals surface area contributed by atoms with Gasteiger partial charge in [-0.3, -0.25) is 4.79 Å². The molecule has 1 amide bonds. The highest BCUT2D eigenvalue weighted by atomic mass is 19.1. The molecule has 4 rings (SSSR count). The SMILES string of the molecule is O=C(/C=C/c1ccccc1F)N1CCN(c2cnnc(N3CCOCC3)c2)CC1. The second-order valence-corrected chi connectivity index (χ2v) is 7.04. The summed E-state index contributed by atoms with van der Waals surface area (Å²) in [5.74, 6) is 0.425. The van der Waals surface area contributed by atoms with Gasteiger partial charge >= 0.3 is 0 Å². The average molecular weight is 397 g/mol. The van der Waals surface area contributed by atoms with Crippen LogP contribution in [0.1, 0.15) is 5.56 Å². The minimum atomic E-state index is -0.331. The molecule has 8 heteroatoms. The van der Waals surface area contributed by atoms with Crippen LogP contribution in [0, 0.1) is 5.82 Å². The van der Waals surface area contributed by atoms with E-state index < -0.39 is 0 Å². The fourth-order valence-electron chi connectivity index (χ4n) is 3.53. The minimum absolute atomic E-state index is 0.102. The van der Waals surface area contributed by atoms with Crippen molar-refractivity contribution in [2.75, 3.05) is 62.3 Å². The van der Waals surface area contributed by atoms with Gasteiger partial charge in [-0.25, -0.2) is 4.39 Å². The third kappa shape index (κ3) is 4.71. The first-order valence-corrected chi connectivity index (χ1v) is 9.82. The Morgan fingerprint density at radius 1 is 1.03 bits per heavy atom. The maximum absolute atomic E-state index is 13.7. The summed E-state index contributed by atoms with van der Waals surface area (Å²) in [6.45, 7) is 5.68. The van der Waals surface area contributed by atoms with Crippen molar-refractivity contribution in [3.05, 3.63) is 54.0 Å². The molecule has 0 N–H and O–H groups in total. The number of ether oxygens (including phenoxy) is 1. The van der Waals surface area contributed by atoms with Gasteiger partial charge in [0.1, 0.15) is 5.82 Å². The van der Waals surface area contributed by atoms with Gasteiger partial charge in [-0.05, 0) is 12.1 Å². The van der Waals surface area contributed by atoms with Crippen LogP contribution in [0.4, 0.5) is 15.9 Å². The number of benzene rings is 1. The monoisotopic (exact) mass is 397 g/mol. The quantitative estimate of drug-likeness (QED) is 0.734. The molecular formula is C21H24FN5O2. The van der Waals surface area contributed by atoms with E-state index in [0.29, 0.717) is 45.0 Å². The summed E-state index contributed by atoms with van der Waals surface area (Å²) in [6, 6.07) is 8.47. The molecule has 2 fully saturated rings. The van der Waals surface area contributed by atoms with E-state index in [1.165, 1.54) is 18.2 Å². The summed E-state index contributed by atoms with van der Waals surface area (Å²) in [6.07, 6.45) is 4.74. The number of anilines is 2. The number of rotatable bonds is 4. The predicted molar refractivity (Wildman–Crippen MR) is 109 cm³/mol. The fourth-order valence-corrected chi connectivity index (χ4v) is 3.53. The van der Waals surface area contributed by atoms with Gasteiger partial charge in [-0.15, -0.1) is 5.10 Å². The number of carbonyl (C=O) groups excluding carboxylic acids is 1. The summed E-state index contributed by atoms with van der Waals surface area (Å²) in [4.78, 5) is 18.6. The van der Waals surface area contributed by atoms with E-state index in [1.807, 2.05) is 6.07 Å². The Kier molecular flexibility index (Phi) is 6.00. The maximum atomic E-state index is 13.7. The summed E-state index contributed by atoms with van der Waals surface area (Å²) >= 11 is 0. The van der Waals surface area contributed by atoms with Crippen molar-refractivity contribution in [1.82, 2.24) is 15.1 Å². The summed E-state index contributed by atoms with van der Waals surface area (Å²) in [5, 5.41) is 8.41. The average Bonchev–Trinajstić information content (AvgIpc) is 2.79. The number of nitrogens with zero attached hydrogens (tertiary/aromatic N) is 5. The van der Waals surface area contributed by atoms with Gasteiger partial charge in [0.15, 0.2) is 5.82 Å². The molecule has 2 aliphatic heterocycles. The van der Waals surface area contributed by atoms with Crippen molar-refractivity contribution in [3.63, 3.8) is 0 Å². The number of piperazine rings is 1. The van der Waals surface area contributed by atoms with Gasteiger partial charge in [-0.1, -0.05) is 18.2 Å². The number of hydrogen-bond donors (Lipinski definition) is 0. The van der Waals surface area contributed by atoms with Crippen LogP contribution in [0.2, 0.25) is 0 Å². The summed E-state index contributed by atoms with van der Waals surface area (Å²) in [5.41, 5.74) is 1.42. The third-order valence-corrected chi connectivity index (χ3v) is 5.23. The molecule has 0 radical (unpaired) electrons. The molecule has 2 aliphatic rings. The first-order valence-electron chi connectivity index (χ1n) is 9.82. The summed E-state index contributed by atoms with van der Waals surface area (Å²) in [7, 11) is 0. The van der Waals surface area contributed by atoms with Crippen molar-refractivity contribution in [2.24, 2.45) is 0 Å². The normalized spacial score (nSPS) is 17.8. The second kappa shape index (κ2) is 9.00. The summed E-state index contributed by atoms with van der Waals surface area (Å²) < 4.78 is 19.1. The molecule has 0 bridgehead atoms. The van der Waals surface area contributed by atoms with Crippen LogP contribution in [0.15, 0.2) is 42.6 Å². The Bertz CT molecular complexity index is 877. The highest BCUT2D eigenvalue weighted by Gasteiger charge is 2.21. The molecule has 2 aromatic rings. The van der Waals surface area contributed by atoms with Crippen LogP contribution in [0.3, 0.4) is 0 Å².